The molecule has 0 bridgehead atoms. The summed E-state index contributed by atoms with van der Waals surface area (Å²) in [6.07, 6.45) is 0. The summed E-state index contributed by atoms with van der Waals surface area (Å²) in [6.45, 7) is 0. The van der Waals surface area contributed by atoms with Gasteiger partial charge in [0, 0.05) is 158 Å². The molecule has 147 heavy (non-hydrogen) atoms. The first-order valence-corrected chi connectivity index (χ1v) is 40.0. The van der Waals surface area contributed by atoms with Crippen LogP contribution < -0.4 is 127 Å². The summed E-state index contributed by atoms with van der Waals surface area (Å²) in [7, 11) is 8.98. The standard InChI is InChI=1S/13C7H7N2O.4BO3.FH/c13*1-10-7-4-2-6(9-8)3-5-7;4*2-1(3)4;/h13*2-5H,1H3;;;;;1H/q13*+1;4*-3;/p-1. The highest BCUT2D eigenvalue weighted by Gasteiger charge is 2.11. The molecule has 0 saturated carbocycles. The highest BCUT2D eigenvalue weighted by atomic mass is 19.0. The second-order valence-corrected chi connectivity index (χ2v) is 24.5. The number of rotatable bonds is 13. The van der Waals surface area contributed by atoms with Gasteiger partial charge in [0.2, 0.25) is 70.1 Å². The predicted octanol–water partition coefficient (Wildman–Crippen LogP) is 9.55. The number of nitrogens with zero attached hydrogens (tertiary/aromatic N) is 26. The van der Waals surface area contributed by atoms with Crippen LogP contribution in [-0.2, 0) is 0 Å². The molecule has 0 heterocycles. The molecule has 0 spiro atoms. The van der Waals surface area contributed by atoms with Gasteiger partial charge < -0.3 is 127 Å². The molecule has 0 aliphatic heterocycles. The molecule has 0 fully saturated rings. The largest absolute Gasteiger partial charge is 1.00 e. The van der Waals surface area contributed by atoms with Gasteiger partial charge in [-0.15, -0.1) is 0 Å². The average molecular weight is 2010 g/mol. The summed E-state index contributed by atoms with van der Waals surface area (Å²) in [5, 5.41) is 209. The van der Waals surface area contributed by atoms with Gasteiger partial charge in [0.15, 0.2) is 64.7 Å². The zero-order valence-corrected chi connectivity index (χ0v) is 80.5. The zero-order valence-electron chi connectivity index (χ0n) is 80.5. The summed E-state index contributed by atoms with van der Waals surface area (Å²) in [4.78, 5) is 38.9. The number of ether oxygens (including phenoxy) is 13. The second kappa shape index (κ2) is 89.3. The second-order valence-electron chi connectivity index (χ2n) is 24.5. The lowest BCUT2D eigenvalue weighted by atomic mass is 10.3. The number of halogens is 1. The van der Waals surface area contributed by atoms with Crippen molar-refractivity contribution in [3.05, 3.63) is 380 Å². The Hall–Kier alpha value is -20.6. The Labute approximate surface area is 843 Å². The minimum atomic E-state index is -2.92. The third-order valence-corrected chi connectivity index (χ3v) is 15.4. The molecule has 0 saturated heterocycles. The maximum absolute atomic E-state index is 8.42. The van der Waals surface area contributed by atoms with E-state index < -0.39 is 29.3 Å². The van der Waals surface area contributed by atoms with Crippen molar-refractivity contribution in [3.63, 3.8) is 0 Å². The van der Waals surface area contributed by atoms with Gasteiger partial charge in [-0.25, -0.2) is 0 Å². The molecule has 0 aromatic heterocycles. The third kappa shape index (κ3) is 73.3. The Morgan fingerprint density at radius 1 is 0.122 bits per heavy atom. The highest BCUT2D eigenvalue weighted by molar-refractivity contribution is 6.24. The summed E-state index contributed by atoms with van der Waals surface area (Å²) in [5.74, 6) is 9.84. The molecule has 13 rings (SSSR count). The third-order valence-electron chi connectivity index (χ3n) is 15.4. The van der Waals surface area contributed by atoms with Gasteiger partial charge >= 0.3 is 73.9 Å². The smallest absolute Gasteiger partial charge is 0.385 e. The fourth-order valence-electron chi connectivity index (χ4n) is 8.44. The van der Waals surface area contributed by atoms with Crippen molar-refractivity contribution < 1.29 is 127 Å². The molecule has 13 aromatic carbocycles. The minimum Gasteiger partial charge on any atom is -1.00 e. The van der Waals surface area contributed by atoms with E-state index in [1.807, 2.05) is 0 Å². The van der Waals surface area contributed by atoms with Crippen molar-refractivity contribution in [1.29, 1.82) is 70.1 Å². The number of diazo groups is 13. The SMILES string of the molecule is COc1ccc([N+]#N)cc1.COc1ccc([N+]#N)cc1.COc1ccc([N+]#N)cc1.COc1ccc([N+]#N)cc1.COc1ccc([N+]#N)cc1.COc1ccc([N+]#N)cc1.COc1ccc([N+]#N)cc1.COc1ccc([N+]#N)cc1.COc1ccc([N+]#N)cc1.COc1ccc([N+]#N)cc1.COc1ccc([N+]#N)cc1.COc1ccc([N+]#N)cc1.COc1ccc([N+]#N)cc1.[F-].[O-]B([O-])[O-].[O-]B([O-])[O-].[O-]B([O-])[O-].[O-]B([O-])[O-]. The molecule has 13 aromatic rings. The van der Waals surface area contributed by atoms with Crippen LogP contribution in [0.2, 0.25) is 0 Å². The van der Waals surface area contributed by atoms with Crippen LogP contribution in [0.15, 0.2) is 315 Å². The van der Waals surface area contributed by atoms with Gasteiger partial charge in [-0.05, 0) is 158 Å². The van der Waals surface area contributed by atoms with Crippen LogP contribution in [0.3, 0.4) is 0 Å². The molecule has 0 aliphatic rings. The molecular formula is C91H91B4FN26O25. The number of benzene rings is 13. The van der Waals surface area contributed by atoms with Crippen molar-refractivity contribution in [2.75, 3.05) is 92.4 Å². The fraction of sp³-hybridized carbons (Fsp3) is 0.143. The van der Waals surface area contributed by atoms with Crippen LogP contribution in [0.4, 0.5) is 73.9 Å². The molecule has 0 aliphatic carbocycles. The summed E-state index contributed by atoms with van der Waals surface area (Å²) in [6, 6.07) is 88.3. The molecule has 754 valence electrons. The number of hydrogen-bond donors (Lipinski definition) is 0. The van der Waals surface area contributed by atoms with Gasteiger partial charge in [-0.2, -0.15) is 0 Å². The Balaban J connectivity index is -0.000000489. The van der Waals surface area contributed by atoms with Crippen LogP contribution in [0.5, 0.6) is 74.7 Å². The Bertz CT molecular complexity index is 4860. The van der Waals surface area contributed by atoms with Crippen molar-refractivity contribution in [1.82, 2.24) is 0 Å². The molecule has 0 unspecified atom stereocenters. The van der Waals surface area contributed by atoms with Crippen LogP contribution >= 0.6 is 0 Å². The molecule has 0 N–H and O–H groups in total. The lowest BCUT2D eigenvalue weighted by Crippen LogP contribution is -3.00. The monoisotopic (exact) mass is 2010 g/mol. The molecule has 0 radical (unpaired) electrons. The summed E-state index contributed by atoms with van der Waals surface area (Å²) >= 11 is 0. The van der Waals surface area contributed by atoms with E-state index in [-0.39, 0.29) is 4.70 Å². The van der Waals surface area contributed by atoms with Crippen LogP contribution in [0.25, 0.3) is 64.7 Å². The molecule has 0 amide bonds. The van der Waals surface area contributed by atoms with E-state index in [9.17, 15) is 0 Å². The Kier molecular flexibility index (Phi) is 82.0. The lowest BCUT2D eigenvalue weighted by molar-refractivity contribution is -0.481. The molecule has 51 nitrogen and oxygen atoms in total. The van der Waals surface area contributed by atoms with Crippen LogP contribution in [-0.4, -0.2) is 122 Å². The van der Waals surface area contributed by atoms with E-state index in [1.54, 1.807) is 408 Å². The van der Waals surface area contributed by atoms with Gasteiger partial charge in [0.05, 0.1) is 92.4 Å². The first kappa shape index (κ1) is 135. The van der Waals surface area contributed by atoms with Gasteiger partial charge in [0.1, 0.15) is 74.7 Å². The maximum Gasteiger partial charge on any atom is 0.385 e. The Morgan fingerprint density at radius 3 is 0.190 bits per heavy atom. The summed E-state index contributed by atoms with van der Waals surface area (Å²) < 4.78 is 63.6. The fourth-order valence-corrected chi connectivity index (χ4v) is 8.44. The Morgan fingerprint density at radius 2 is 0.163 bits per heavy atom. The minimum absolute atomic E-state index is 0. The van der Waals surface area contributed by atoms with Crippen molar-refractivity contribution >= 4 is 103 Å². The topological polar surface area (TPSA) is 763 Å². The quantitative estimate of drug-likeness (QED) is 0.0765. The number of methoxy groups -OCH3 is 13. The van der Waals surface area contributed by atoms with E-state index in [0.717, 1.165) is 74.7 Å². The van der Waals surface area contributed by atoms with Crippen molar-refractivity contribution in [3.8, 4) is 74.7 Å². The molecule has 56 heteroatoms. The first-order chi connectivity index (χ1) is 70.2. The van der Waals surface area contributed by atoms with Gasteiger partial charge in [-0.3, -0.25) is 29.3 Å². The van der Waals surface area contributed by atoms with Gasteiger partial charge in [0.25, 0.3) is 0 Å². The first-order valence-electron chi connectivity index (χ1n) is 40.0. The number of hydrogen-bond acceptors (Lipinski definition) is 38. The predicted molar refractivity (Wildman–Crippen MR) is 514 cm³/mol. The molecular weight excluding hydrogens is 1920 g/mol. The lowest BCUT2D eigenvalue weighted by Gasteiger charge is -2.35. The maximum atomic E-state index is 8.42. The van der Waals surface area contributed by atoms with Gasteiger partial charge in [-0.1, -0.05) is 0 Å². The van der Waals surface area contributed by atoms with Crippen LogP contribution in [0, 0.1) is 70.1 Å². The van der Waals surface area contributed by atoms with Crippen LogP contribution in [0.1, 0.15) is 0 Å². The molecule has 0 atom stereocenters. The van der Waals surface area contributed by atoms with E-state index in [4.69, 9.17) is 192 Å². The normalized spacial score (nSPS) is 8.16. The van der Waals surface area contributed by atoms with Crippen molar-refractivity contribution in [2.45, 2.75) is 0 Å². The van der Waals surface area contributed by atoms with E-state index >= 15 is 0 Å². The van der Waals surface area contributed by atoms with E-state index in [0.29, 0.717) is 73.9 Å². The zero-order chi connectivity index (χ0) is 110. The van der Waals surface area contributed by atoms with E-state index in [1.165, 1.54) is 0 Å². The average Bonchev–Trinajstić information content (AvgIpc) is 1.02. The van der Waals surface area contributed by atoms with Crippen molar-refractivity contribution in [2.24, 2.45) is 0 Å². The van der Waals surface area contributed by atoms with E-state index in [2.05, 4.69) is 64.7 Å². The highest BCUT2D eigenvalue weighted by Crippen LogP contribution is 2.26. The summed E-state index contributed by atoms with van der Waals surface area (Å²) in [5.41, 5.74) is 6.87.